The molecule has 1 aliphatic heterocycles. The lowest BCUT2D eigenvalue weighted by atomic mass is 10.1. The Morgan fingerprint density at radius 2 is 2.11 bits per heavy atom. The van der Waals surface area contributed by atoms with Gasteiger partial charge in [-0.3, -0.25) is 4.90 Å². The van der Waals surface area contributed by atoms with Gasteiger partial charge < -0.3 is 9.47 Å². The molecule has 1 aromatic rings. The van der Waals surface area contributed by atoms with E-state index in [0.717, 1.165) is 19.3 Å². The summed E-state index contributed by atoms with van der Waals surface area (Å²) in [4.78, 5) is 13.8. The van der Waals surface area contributed by atoms with E-state index in [1.807, 2.05) is 25.1 Å². The maximum Gasteiger partial charge on any atom is 0.417 e. The highest BCUT2D eigenvalue weighted by Crippen LogP contribution is 2.20. The van der Waals surface area contributed by atoms with Crippen LogP contribution in [0.2, 0.25) is 0 Å². The topological polar surface area (TPSA) is 38.8 Å². The van der Waals surface area contributed by atoms with Crippen LogP contribution in [0.4, 0.5) is 4.79 Å². The maximum atomic E-state index is 12.1. The Morgan fingerprint density at radius 1 is 1.33 bits per heavy atom. The third-order valence-corrected chi connectivity index (χ3v) is 2.99. The lowest BCUT2D eigenvalue weighted by Gasteiger charge is -2.34. The van der Waals surface area contributed by atoms with E-state index < -0.39 is 0 Å². The normalized spacial score (nSPS) is 19.6. The Hall–Kier alpha value is -1.55. The number of carbonyl (C=O) groups is 1. The summed E-state index contributed by atoms with van der Waals surface area (Å²) in [7, 11) is 0. The van der Waals surface area contributed by atoms with Crippen LogP contribution in [0.3, 0.4) is 0 Å². The summed E-state index contributed by atoms with van der Waals surface area (Å²) >= 11 is 0. The molecule has 1 fully saturated rings. The molecule has 1 unspecified atom stereocenters. The Balaban J connectivity index is 1.98. The molecule has 0 radical (unpaired) electrons. The number of carbonyl (C=O) groups excluding carboxylic acids is 1. The van der Waals surface area contributed by atoms with Gasteiger partial charge in [0.25, 0.3) is 0 Å². The second kappa shape index (κ2) is 6.40. The summed E-state index contributed by atoms with van der Waals surface area (Å²) in [5.41, 5.74) is 0. The highest BCUT2D eigenvalue weighted by molar-refractivity contribution is 5.71. The Bertz CT molecular complexity index is 378. The van der Waals surface area contributed by atoms with E-state index >= 15 is 0 Å². The minimum absolute atomic E-state index is 0.139. The third kappa shape index (κ3) is 3.23. The van der Waals surface area contributed by atoms with Gasteiger partial charge in [0.05, 0.1) is 0 Å². The Morgan fingerprint density at radius 3 is 2.83 bits per heavy atom. The molecule has 18 heavy (non-hydrogen) atoms. The van der Waals surface area contributed by atoms with Gasteiger partial charge in [-0.25, -0.2) is 4.79 Å². The fourth-order valence-corrected chi connectivity index (χ4v) is 2.12. The van der Waals surface area contributed by atoms with Crippen LogP contribution < -0.4 is 4.74 Å². The summed E-state index contributed by atoms with van der Waals surface area (Å²) in [6.07, 6.45) is 2.53. The molecule has 0 spiro atoms. The Labute approximate surface area is 107 Å². The van der Waals surface area contributed by atoms with Crippen LogP contribution in [0, 0.1) is 0 Å². The molecule has 1 heterocycles. The van der Waals surface area contributed by atoms with Crippen molar-refractivity contribution in [1.29, 1.82) is 0 Å². The van der Waals surface area contributed by atoms with Gasteiger partial charge in [-0.2, -0.15) is 0 Å². The molecule has 0 saturated carbocycles. The molecule has 0 aromatic heterocycles. The van der Waals surface area contributed by atoms with Crippen molar-refractivity contribution in [2.24, 2.45) is 0 Å². The SMILES string of the molecule is CCOC1CCCCN1C(=O)Oc1ccccc1. The van der Waals surface area contributed by atoms with E-state index in [0.29, 0.717) is 18.9 Å². The minimum atomic E-state index is -0.320. The zero-order valence-corrected chi connectivity index (χ0v) is 10.7. The number of ether oxygens (including phenoxy) is 2. The molecular weight excluding hydrogens is 230 g/mol. The second-order valence-corrected chi connectivity index (χ2v) is 4.28. The van der Waals surface area contributed by atoms with Gasteiger partial charge in [0, 0.05) is 13.2 Å². The first-order valence-electron chi connectivity index (χ1n) is 6.46. The van der Waals surface area contributed by atoms with E-state index in [9.17, 15) is 4.79 Å². The van der Waals surface area contributed by atoms with Crippen LogP contribution >= 0.6 is 0 Å². The average molecular weight is 249 g/mol. The third-order valence-electron chi connectivity index (χ3n) is 2.99. The number of hydrogen-bond donors (Lipinski definition) is 0. The van der Waals surface area contributed by atoms with Gasteiger partial charge >= 0.3 is 6.09 Å². The number of amides is 1. The number of piperidine rings is 1. The summed E-state index contributed by atoms with van der Waals surface area (Å²) in [6.45, 7) is 3.26. The zero-order valence-electron chi connectivity index (χ0n) is 10.7. The molecule has 4 heteroatoms. The lowest BCUT2D eigenvalue weighted by molar-refractivity contribution is -0.0599. The lowest BCUT2D eigenvalue weighted by Crippen LogP contribution is -2.46. The molecule has 0 aliphatic carbocycles. The van der Waals surface area contributed by atoms with Gasteiger partial charge in [0.2, 0.25) is 0 Å². The summed E-state index contributed by atoms with van der Waals surface area (Å²) in [5.74, 6) is 0.573. The van der Waals surface area contributed by atoms with Gasteiger partial charge in [0.1, 0.15) is 12.0 Å². The molecule has 4 nitrogen and oxygen atoms in total. The van der Waals surface area contributed by atoms with Crippen LogP contribution in [0.25, 0.3) is 0 Å². The van der Waals surface area contributed by atoms with E-state index in [1.54, 1.807) is 17.0 Å². The first-order valence-corrected chi connectivity index (χ1v) is 6.46. The molecule has 1 amide bonds. The molecule has 0 bridgehead atoms. The van der Waals surface area contributed by atoms with Crippen LogP contribution in [-0.2, 0) is 4.74 Å². The van der Waals surface area contributed by atoms with Crippen LogP contribution in [0.1, 0.15) is 26.2 Å². The molecule has 1 aromatic carbocycles. The van der Waals surface area contributed by atoms with Crippen LogP contribution in [0.5, 0.6) is 5.75 Å². The van der Waals surface area contributed by atoms with Crippen molar-refractivity contribution in [2.75, 3.05) is 13.2 Å². The molecule has 1 aliphatic rings. The number of rotatable bonds is 3. The molecule has 1 saturated heterocycles. The Kier molecular flexibility index (Phi) is 4.59. The van der Waals surface area contributed by atoms with Gasteiger partial charge in [-0.1, -0.05) is 18.2 Å². The summed E-state index contributed by atoms with van der Waals surface area (Å²) in [6, 6.07) is 9.13. The van der Waals surface area contributed by atoms with Gasteiger partial charge in [-0.05, 0) is 38.3 Å². The molecule has 2 rings (SSSR count). The number of likely N-dealkylation sites (tertiary alicyclic amines) is 1. The second-order valence-electron chi connectivity index (χ2n) is 4.28. The maximum absolute atomic E-state index is 12.1. The van der Waals surface area contributed by atoms with Crippen molar-refractivity contribution in [3.8, 4) is 5.75 Å². The largest absolute Gasteiger partial charge is 0.417 e. The minimum Gasteiger partial charge on any atom is -0.410 e. The molecule has 0 N–H and O–H groups in total. The number of benzene rings is 1. The molecular formula is C14H19NO3. The monoisotopic (exact) mass is 249 g/mol. The quantitative estimate of drug-likeness (QED) is 0.826. The van der Waals surface area contributed by atoms with Gasteiger partial charge in [0.15, 0.2) is 0 Å². The van der Waals surface area contributed by atoms with Crippen molar-refractivity contribution in [2.45, 2.75) is 32.4 Å². The van der Waals surface area contributed by atoms with Gasteiger partial charge in [-0.15, -0.1) is 0 Å². The predicted octanol–water partition coefficient (Wildman–Crippen LogP) is 3.03. The fourth-order valence-electron chi connectivity index (χ4n) is 2.12. The van der Waals surface area contributed by atoms with E-state index in [-0.39, 0.29) is 12.3 Å². The first kappa shape index (κ1) is 12.9. The smallest absolute Gasteiger partial charge is 0.410 e. The average Bonchev–Trinajstić information content (AvgIpc) is 2.41. The fraction of sp³-hybridized carbons (Fsp3) is 0.500. The number of nitrogens with zero attached hydrogens (tertiary/aromatic N) is 1. The van der Waals surface area contributed by atoms with Crippen molar-refractivity contribution in [3.63, 3.8) is 0 Å². The standard InChI is InChI=1S/C14H19NO3/c1-2-17-13-10-6-7-11-15(13)14(16)18-12-8-4-3-5-9-12/h3-5,8-9,13H,2,6-7,10-11H2,1H3. The van der Waals surface area contributed by atoms with Crippen molar-refractivity contribution in [3.05, 3.63) is 30.3 Å². The molecule has 1 atom stereocenters. The highest BCUT2D eigenvalue weighted by atomic mass is 16.6. The van der Waals surface area contributed by atoms with Crippen molar-refractivity contribution in [1.82, 2.24) is 4.90 Å². The van der Waals surface area contributed by atoms with Crippen molar-refractivity contribution < 1.29 is 14.3 Å². The highest BCUT2D eigenvalue weighted by Gasteiger charge is 2.28. The van der Waals surface area contributed by atoms with E-state index in [2.05, 4.69) is 0 Å². The zero-order chi connectivity index (χ0) is 12.8. The van der Waals surface area contributed by atoms with Crippen LogP contribution in [0.15, 0.2) is 30.3 Å². The summed E-state index contributed by atoms with van der Waals surface area (Å²) < 4.78 is 10.9. The predicted molar refractivity (Wildman–Crippen MR) is 68.4 cm³/mol. The van der Waals surface area contributed by atoms with Crippen molar-refractivity contribution >= 4 is 6.09 Å². The first-order chi connectivity index (χ1) is 8.81. The van der Waals surface area contributed by atoms with E-state index in [4.69, 9.17) is 9.47 Å². The number of hydrogen-bond acceptors (Lipinski definition) is 3. The van der Waals surface area contributed by atoms with E-state index in [1.165, 1.54) is 0 Å². The number of para-hydroxylation sites is 1. The summed E-state index contributed by atoms with van der Waals surface area (Å²) in [5, 5.41) is 0. The van der Waals surface area contributed by atoms with Crippen LogP contribution in [-0.4, -0.2) is 30.4 Å². The molecule has 98 valence electrons.